The lowest BCUT2D eigenvalue weighted by Crippen LogP contribution is -2.51. The maximum atomic E-state index is 14.2. The minimum Gasteiger partial charge on any atom is -0.489 e. The van der Waals surface area contributed by atoms with Gasteiger partial charge in [-0.1, -0.05) is 38.5 Å². The lowest BCUT2D eigenvalue weighted by Gasteiger charge is -2.37. The van der Waals surface area contributed by atoms with Crippen molar-refractivity contribution >= 4 is 16.9 Å². The molecule has 1 saturated carbocycles. The van der Waals surface area contributed by atoms with Crippen LogP contribution in [0.3, 0.4) is 0 Å². The van der Waals surface area contributed by atoms with Crippen LogP contribution >= 0.6 is 0 Å². The van der Waals surface area contributed by atoms with Crippen molar-refractivity contribution < 1.29 is 45.0 Å². The van der Waals surface area contributed by atoms with E-state index in [2.05, 4.69) is 6.58 Å². The molecule has 0 bridgehead atoms. The highest BCUT2D eigenvalue weighted by molar-refractivity contribution is 5.84. The van der Waals surface area contributed by atoms with Crippen molar-refractivity contribution in [2.24, 2.45) is 5.41 Å². The van der Waals surface area contributed by atoms with Crippen molar-refractivity contribution in [1.82, 2.24) is 0 Å². The highest BCUT2D eigenvalue weighted by atomic mass is 19.4. The first-order valence-corrected chi connectivity index (χ1v) is 13.1. The van der Waals surface area contributed by atoms with Gasteiger partial charge in [0.1, 0.15) is 34.7 Å². The Hall–Kier alpha value is -3.43. The van der Waals surface area contributed by atoms with Crippen LogP contribution in [0.1, 0.15) is 57.1 Å². The Balaban J connectivity index is 1.63. The minimum absolute atomic E-state index is 0.0167. The largest absolute Gasteiger partial charge is 0.489 e. The molecule has 0 amide bonds. The fourth-order valence-corrected chi connectivity index (χ4v) is 5.18. The Morgan fingerprint density at radius 2 is 1.77 bits per heavy atom. The molecule has 0 radical (unpaired) electrons. The number of hydrogen-bond acceptors (Lipinski definition) is 4. The summed E-state index contributed by atoms with van der Waals surface area (Å²) in [4.78, 5) is 11.6. The number of unbranched alkanes of at least 4 members (excludes halogenated alkanes) is 2. The van der Waals surface area contributed by atoms with Crippen molar-refractivity contribution in [3.63, 3.8) is 0 Å². The Morgan fingerprint density at radius 3 is 2.42 bits per heavy atom. The number of rotatable bonds is 9. The SMILES string of the molecule is C=CC(=O)OC1CCC(Oc2ccc3cc(-c4ccc(CCCCC)cc4C(F)(F)F)oc3c2)C1(C)C(F)(F)F. The summed E-state index contributed by atoms with van der Waals surface area (Å²) in [6.45, 7) is 6.19. The molecule has 4 rings (SSSR count). The monoisotopic (exact) mass is 568 g/mol. The maximum Gasteiger partial charge on any atom is 0.417 e. The van der Waals surface area contributed by atoms with Crippen molar-refractivity contribution in [2.75, 3.05) is 0 Å². The molecule has 2 aromatic carbocycles. The molecule has 10 heteroatoms. The third kappa shape index (κ3) is 5.86. The van der Waals surface area contributed by atoms with Crippen molar-refractivity contribution in [2.45, 2.75) is 76.9 Å². The standard InChI is InChI=1S/C30H30F6O4/c1-4-6-7-8-18-9-12-21(22(15-18)29(31,32)33)24-16-19-10-11-20(17-23(19)39-24)38-25-13-14-26(40-27(37)5-2)28(25,3)30(34,35)36/h5,9-12,15-17,25-26H,2,4,6-8,13-14H2,1,3H3. The van der Waals surface area contributed by atoms with Crippen LogP contribution < -0.4 is 4.74 Å². The van der Waals surface area contributed by atoms with Gasteiger partial charge in [-0.15, -0.1) is 0 Å². The summed E-state index contributed by atoms with van der Waals surface area (Å²) in [7, 11) is 0. The Labute approximate surface area is 227 Å². The van der Waals surface area contributed by atoms with E-state index in [-0.39, 0.29) is 35.5 Å². The van der Waals surface area contributed by atoms with Crippen molar-refractivity contribution in [3.05, 3.63) is 66.2 Å². The molecule has 0 aliphatic heterocycles. The zero-order valence-corrected chi connectivity index (χ0v) is 22.1. The fourth-order valence-electron chi connectivity index (χ4n) is 5.18. The van der Waals surface area contributed by atoms with Gasteiger partial charge in [0.15, 0.2) is 0 Å². The van der Waals surface area contributed by atoms with Gasteiger partial charge in [-0.3, -0.25) is 0 Å². The fraction of sp³-hybridized carbons (Fsp3) is 0.433. The van der Waals surface area contributed by atoms with Gasteiger partial charge in [-0.25, -0.2) is 4.79 Å². The molecule has 1 aliphatic carbocycles. The first kappa shape index (κ1) is 29.6. The van der Waals surface area contributed by atoms with Gasteiger partial charge in [0.2, 0.25) is 0 Å². The van der Waals surface area contributed by atoms with Gasteiger partial charge in [-0.2, -0.15) is 26.3 Å². The first-order valence-electron chi connectivity index (χ1n) is 13.1. The van der Waals surface area contributed by atoms with Crippen LogP contribution in [0.15, 0.2) is 59.5 Å². The van der Waals surface area contributed by atoms with E-state index in [0.29, 0.717) is 17.4 Å². The smallest absolute Gasteiger partial charge is 0.417 e. The summed E-state index contributed by atoms with van der Waals surface area (Å²) in [5.41, 5.74) is -2.69. The van der Waals surface area contributed by atoms with Crippen LogP contribution in [0.4, 0.5) is 26.3 Å². The minimum atomic E-state index is -4.75. The second kappa shape index (κ2) is 11.2. The van der Waals surface area contributed by atoms with E-state index < -0.39 is 41.5 Å². The molecule has 3 unspecified atom stereocenters. The van der Waals surface area contributed by atoms with E-state index in [1.165, 1.54) is 30.3 Å². The van der Waals surface area contributed by atoms with Crippen LogP contribution in [0, 0.1) is 5.41 Å². The second-order valence-corrected chi connectivity index (χ2v) is 10.2. The van der Waals surface area contributed by atoms with E-state index in [1.807, 2.05) is 6.92 Å². The van der Waals surface area contributed by atoms with Crippen LogP contribution in [-0.4, -0.2) is 24.4 Å². The first-order chi connectivity index (χ1) is 18.8. The average Bonchev–Trinajstić information content (AvgIpc) is 3.45. The van der Waals surface area contributed by atoms with Gasteiger partial charge in [-0.05, 0) is 62.4 Å². The third-order valence-corrected chi connectivity index (χ3v) is 7.56. The van der Waals surface area contributed by atoms with Gasteiger partial charge in [0.05, 0.1) is 5.56 Å². The number of alkyl halides is 6. The van der Waals surface area contributed by atoms with Crippen LogP contribution in [0.25, 0.3) is 22.3 Å². The molecule has 1 heterocycles. The lowest BCUT2D eigenvalue weighted by atomic mass is 9.83. The zero-order valence-electron chi connectivity index (χ0n) is 22.1. The Morgan fingerprint density at radius 1 is 1.05 bits per heavy atom. The normalized spacial score (nSPS) is 21.5. The maximum absolute atomic E-state index is 14.2. The predicted molar refractivity (Wildman–Crippen MR) is 138 cm³/mol. The molecule has 0 N–H and O–H groups in total. The van der Waals surface area contributed by atoms with Gasteiger partial charge >= 0.3 is 18.3 Å². The van der Waals surface area contributed by atoms with E-state index >= 15 is 0 Å². The van der Waals surface area contributed by atoms with Gasteiger partial charge < -0.3 is 13.9 Å². The number of halogens is 6. The summed E-state index contributed by atoms with van der Waals surface area (Å²) in [6.07, 6.45) is -8.32. The van der Waals surface area contributed by atoms with E-state index in [1.54, 1.807) is 6.07 Å². The third-order valence-electron chi connectivity index (χ3n) is 7.56. The summed E-state index contributed by atoms with van der Waals surface area (Å²) in [5, 5.41) is 0.463. The molecule has 0 spiro atoms. The molecule has 4 nitrogen and oxygen atoms in total. The lowest BCUT2D eigenvalue weighted by molar-refractivity contribution is -0.262. The average molecular weight is 569 g/mol. The van der Waals surface area contributed by atoms with Crippen LogP contribution in [-0.2, 0) is 22.1 Å². The summed E-state index contributed by atoms with van der Waals surface area (Å²) in [6, 6.07) is 9.93. The molecule has 3 atom stereocenters. The van der Waals surface area contributed by atoms with Crippen LogP contribution in [0.5, 0.6) is 5.75 Å². The highest BCUT2D eigenvalue weighted by Gasteiger charge is 2.66. The molecular weight excluding hydrogens is 538 g/mol. The molecule has 40 heavy (non-hydrogen) atoms. The summed E-state index contributed by atoms with van der Waals surface area (Å²) in [5.74, 6) is -0.929. The highest BCUT2D eigenvalue weighted by Crippen LogP contribution is 2.53. The number of hydrogen-bond donors (Lipinski definition) is 0. The van der Waals surface area contributed by atoms with Gasteiger partial charge in [0.25, 0.3) is 0 Å². The van der Waals surface area contributed by atoms with E-state index in [9.17, 15) is 31.1 Å². The van der Waals surface area contributed by atoms with E-state index in [0.717, 1.165) is 38.3 Å². The second-order valence-electron chi connectivity index (χ2n) is 10.2. The number of ether oxygens (including phenoxy) is 2. The zero-order chi connectivity index (χ0) is 29.3. The Kier molecular flexibility index (Phi) is 8.28. The number of aryl methyl sites for hydroxylation is 1. The van der Waals surface area contributed by atoms with Crippen molar-refractivity contribution in [3.8, 4) is 17.1 Å². The Bertz CT molecular complexity index is 1370. The number of carbonyl (C=O) groups excluding carboxylic acids is 1. The molecule has 0 saturated heterocycles. The van der Waals surface area contributed by atoms with Crippen LogP contribution in [0.2, 0.25) is 0 Å². The molecule has 216 valence electrons. The quantitative estimate of drug-likeness (QED) is 0.112. The molecule has 1 aliphatic rings. The molecule has 1 aromatic heterocycles. The van der Waals surface area contributed by atoms with Gasteiger partial charge in [0, 0.05) is 23.1 Å². The molecule has 1 fully saturated rings. The number of carbonyl (C=O) groups is 1. The van der Waals surface area contributed by atoms with Crippen molar-refractivity contribution in [1.29, 1.82) is 0 Å². The number of benzene rings is 2. The molecular formula is C30H30F6O4. The summed E-state index contributed by atoms with van der Waals surface area (Å²) >= 11 is 0. The topological polar surface area (TPSA) is 48.7 Å². The predicted octanol–water partition coefficient (Wildman–Crippen LogP) is 9.06. The number of fused-ring (bicyclic) bond motifs is 1. The van der Waals surface area contributed by atoms with E-state index in [4.69, 9.17) is 13.9 Å². The summed E-state index contributed by atoms with van der Waals surface area (Å²) < 4.78 is 101. The number of esters is 1. The number of furan rings is 1. The molecule has 3 aromatic rings.